The highest BCUT2D eigenvalue weighted by atomic mass is 35.5. The molecule has 0 heterocycles. The van der Waals surface area contributed by atoms with Gasteiger partial charge in [-0.2, -0.15) is 0 Å². The summed E-state index contributed by atoms with van der Waals surface area (Å²) in [5, 5.41) is 3.25. The summed E-state index contributed by atoms with van der Waals surface area (Å²) >= 11 is 6.00. The summed E-state index contributed by atoms with van der Waals surface area (Å²) in [6.07, 6.45) is -0.739. The zero-order valence-electron chi connectivity index (χ0n) is 16.8. The van der Waals surface area contributed by atoms with Crippen LogP contribution in [0.1, 0.15) is 30.5 Å². The first kappa shape index (κ1) is 22.2. The van der Waals surface area contributed by atoms with Gasteiger partial charge in [-0.1, -0.05) is 23.7 Å². The molecule has 3 amide bonds. The fraction of sp³-hybridized carbons (Fsp3) is 0.286. The minimum atomic E-state index is -0.814. The number of rotatable bonds is 6. The third kappa shape index (κ3) is 6.80. The van der Waals surface area contributed by atoms with Crippen LogP contribution in [0.15, 0.2) is 36.4 Å². The van der Waals surface area contributed by atoms with Crippen LogP contribution in [-0.2, 0) is 20.8 Å². The second-order valence-electron chi connectivity index (χ2n) is 6.72. The van der Waals surface area contributed by atoms with E-state index in [4.69, 9.17) is 16.3 Å². The van der Waals surface area contributed by atoms with E-state index in [-0.39, 0.29) is 18.2 Å². The van der Waals surface area contributed by atoms with Gasteiger partial charge in [-0.25, -0.2) is 0 Å². The lowest BCUT2D eigenvalue weighted by Gasteiger charge is -2.18. The monoisotopic (exact) mass is 417 g/mol. The highest BCUT2D eigenvalue weighted by Gasteiger charge is 2.18. The van der Waals surface area contributed by atoms with Crippen LogP contribution in [0, 0.1) is 13.8 Å². The minimum absolute atomic E-state index is 0.0747. The molecule has 0 radical (unpaired) electrons. The average molecular weight is 418 g/mol. The number of nitrogens with one attached hydrogen (secondary N) is 3. The summed E-state index contributed by atoms with van der Waals surface area (Å²) in [6, 6.07) is 10.4. The third-order valence-electron chi connectivity index (χ3n) is 4.05. The number of amides is 3. The number of ether oxygens (including phenoxy) is 1. The van der Waals surface area contributed by atoms with Gasteiger partial charge in [-0.3, -0.25) is 25.2 Å². The topological polar surface area (TPSA) is 96.5 Å². The molecule has 1 unspecified atom stereocenters. The molecule has 0 bridgehead atoms. The number of carbonyl (C=O) groups is 3. The maximum Gasteiger partial charge on any atom is 0.279 e. The molecule has 154 valence electrons. The number of hydrazine groups is 1. The van der Waals surface area contributed by atoms with E-state index in [0.29, 0.717) is 16.5 Å². The van der Waals surface area contributed by atoms with Crippen molar-refractivity contribution in [2.75, 3.05) is 5.32 Å². The van der Waals surface area contributed by atoms with Crippen LogP contribution in [0.2, 0.25) is 5.02 Å². The number of aryl methyl sites for hydroxylation is 2. The molecular formula is C21H24ClN3O4. The molecule has 0 fully saturated rings. The van der Waals surface area contributed by atoms with Crippen LogP contribution in [0.3, 0.4) is 0 Å². The van der Waals surface area contributed by atoms with E-state index in [1.807, 2.05) is 13.8 Å². The number of hydrogen-bond donors (Lipinski definition) is 3. The van der Waals surface area contributed by atoms with Crippen molar-refractivity contribution in [3.8, 4) is 5.75 Å². The van der Waals surface area contributed by atoms with Crippen LogP contribution < -0.4 is 20.9 Å². The molecule has 29 heavy (non-hydrogen) atoms. The maximum atomic E-state index is 12.2. The zero-order chi connectivity index (χ0) is 21.6. The Morgan fingerprint density at radius 3 is 2.17 bits per heavy atom. The lowest BCUT2D eigenvalue weighted by molar-refractivity contribution is -0.132. The first-order valence-electron chi connectivity index (χ1n) is 9.04. The van der Waals surface area contributed by atoms with Crippen molar-refractivity contribution in [2.24, 2.45) is 0 Å². The predicted molar refractivity (Wildman–Crippen MR) is 112 cm³/mol. The SMILES string of the molecule is CC(=O)Nc1ccc(CC(=O)NNC(=O)C(C)Oc2c(C)cc(Cl)cc2C)cc1. The van der Waals surface area contributed by atoms with E-state index < -0.39 is 12.0 Å². The van der Waals surface area contributed by atoms with Crippen molar-refractivity contribution in [1.29, 1.82) is 0 Å². The van der Waals surface area contributed by atoms with Gasteiger partial charge >= 0.3 is 0 Å². The number of hydrogen-bond acceptors (Lipinski definition) is 4. The molecule has 0 aliphatic carbocycles. The average Bonchev–Trinajstić information content (AvgIpc) is 2.63. The van der Waals surface area contributed by atoms with Crippen molar-refractivity contribution in [3.63, 3.8) is 0 Å². The van der Waals surface area contributed by atoms with Crippen molar-refractivity contribution in [3.05, 3.63) is 58.1 Å². The molecule has 0 aliphatic rings. The van der Waals surface area contributed by atoms with Crippen molar-refractivity contribution >= 4 is 35.0 Å². The van der Waals surface area contributed by atoms with E-state index in [9.17, 15) is 14.4 Å². The summed E-state index contributed by atoms with van der Waals surface area (Å²) in [4.78, 5) is 35.3. The number of benzene rings is 2. The van der Waals surface area contributed by atoms with Gasteiger partial charge < -0.3 is 10.1 Å². The normalized spacial score (nSPS) is 11.3. The molecule has 0 spiro atoms. The number of halogens is 1. The summed E-state index contributed by atoms with van der Waals surface area (Å²) < 4.78 is 5.73. The fourth-order valence-corrected chi connectivity index (χ4v) is 3.01. The van der Waals surface area contributed by atoms with Crippen LogP contribution in [-0.4, -0.2) is 23.8 Å². The second kappa shape index (κ2) is 9.93. The van der Waals surface area contributed by atoms with Crippen LogP contribution in [0.5, 0.6) is 5.75 Å². The van der Waals surface area contributed by atoms with Gasteiger partial charge in [0.05, 0.1) is 6.42 Å². The molecule has 0 saturated heterocycles. The Morgan fingerprint density at radius 1 is 1.03 bits per heavy atom. The molecular weight excluding hydrogens is 394 g/mol. The Balaban J connectivity index is 1.85. The summed E-state index contributed by atoms with van der Waals surface area (Å²) in [5.41, 5.74) is 7.76. The quantitative estimate of drug-likeness (QED) is 0.629. The van der Waals surface area contributed by atoms with Gasteiger partial charge in [0.2, 0.25) is 11.8 Å². The van der Waals surface area contributed by atoms with E-state index in [1.165, 1.54) is 6.92 Å². The van der Waals surface area contributed by atoms with Gasteiger partial charge in [-0.05, 0) is 61.7 Å². The van der Waals surface area contributed by atoms with Gasteiger partial charge in [0.25, 0.3) is 5.91 Å². The second-order valence-corrected chi connectivity index (χ2v) is 7.16. The Morgan fingerprint density at radius 2 is 1.62 bits per heavy atom. The van der Waals surface area contributed by atoms with E-state index in [0.717, 1.165) is 16.7 Å². The molecule has 2 rings (SSSR count). The highest BCUT2D eigenvalue weighted by molar-refractivity contribution is 6.30. The molecule has 7 nitrogen and oxygen atoms in total. The van der Waals surface area contributed by atoms with E-state index in [1.54, 1.807) is 43.3 Å². The lowest BCUT2D eigenvalue weighted by Crippen LogP contribution is -2.47. The van der Waals surface area contributed by atoms with E-state index in [2.05, 4.69) is 16.2 Å². The Kier molecular flexibility index (Phi) is 7.61. The third-order valence-corrected chi connectivity index (χ3v) is 4.27. The van der Waals surface area contributed by atoms with Gasteiger partial charge in [0, 0.05) is 17.6 Å². The molecule has 2 aromatic carbocycles. The summed E-state index contributed by atoms with van der Waals surface area (Å²) in [7, 11) is 0. The van der Waals surface area contributed by atoms with Gasteiger partial charge in [0.15, 0.2) is 6.10 Å². The fourth-order valence-electron chi connectivity index (χ4n) is 2.69. The van der Waals surface area contributed by atoms with Crippen LogP contribution in [0.25, 0.3) is 0 Å². The molecule has 0 aliphatic heterocycles. The molecule has 8 heteroatoms. The summed E-state index contributed by atoms with van der Waals surface area (Å²) in [6.45, 7) is 6.70. The molecule has 2 aromatic rings. The van der Waals surface area contributed by atoms with Crippen molar-refractivity contribution < 1.29 is 19.1 Å². The molecule has 0 saturated carbocycles. The largest absolute Gasteiger partial charge is 0.480 e. The smallest absolute Gasteiger partial charge is 0.279 e. The summed E-state index contributed by atoms with van der Waals surface area (Å²) in [5.74, 6) is -0.439. The first-order valence-corrected chi connectivity index (χ1v) is 9.42. The van der Waals surface area contributed by atoms with E-state index >= 15 is 0 Å². The maximum absolute atomic E-state index is 12.2. The number of carbonyl (C=O) groups excluding carboxylic acids is 3. The Bertz CT molecular complexity index is 890. The van der Waals surface area contributed by atoms with Crippen molar-refractivity contribution in [1.82, 2.24) is 10.9 Å². The molecule has 3 N–H and O–H groups in total. The molecule has 1 atom stereocenters. The number of anilines is 1. The predicted octanol–water partition coefficient (Wildman–Crippen LogP) is 3.07. The highest BCUT2D eigenvalue weighted by Crippen LogP contribution is 2.27. The van der Waals surface area contributed by atoms with Gasteiger partial charge in [-0.15, -0.1) is 0 Å². The Labute approximate surface area is 174 Å². The van der Waals surface area contributed by atoms with Crippen molar-refractivity contribution in [2.45, 2.75) is 40.2 Å². The minimum Gasteiger partial charge on any atom is -0.480 e. The standard InChI is InChI=1S/C21H24ClN3O4/c1-12-9-17(22)10-13(2)20(12)29-14(3)21(28)25-24-19(27)11-16-5-7-18(8-6-16)23-15(4)26/h5-10,14H,11H2,1-4H3,(H,23,26)(H,24,27)(H,25,28). The lowest BCUT2D eigenvalue weighted by atomic mass is 10.1. The van der Waals surface area contributed by atoms with Gasteiger partial charge in [0.1, 0.15) is 5.75 Å². The van der Waals surface area contributed by atoms with Crippen LogP contribution >= 0.6 is 11.6 Å². The zero-order valence-corrected chi connectivity index (χ0v) is 17.5. The first-order chi connectivity index (χ1) is 13.7. The van der Waals surface area contributed by atoms with Crippen LogP contribution in [0.4, 0.5) is 5.69 Å². The Hall–Kier alpha value is -3.06. The molecule has 0 aromatic heterocycles.